The van der Waals surface area contributed by atoms with Gasteiger partial charge in [-0.15, -0.1) is 0 Å². The number of carbonyl (C=O) groups is 1. The lowest BCUT2D eigenvalue weighted by atomic mass is 10.0. The largest absolute Gasteiger partial charge is 0.481 e. The average molecular weight is 439 g/mol. The molecule has 6 nitrogen and oxygen atoms in total. The summed E-state index contributed by atoms with van der Waals surface area (Å²) in [6, 6.07) is 18.8. The quantitative estimate of drug-likeness (QED) is 0.487. The number of hydrogen-bond donors (Lipinski definition) is 2. The summed E-state index contributed by atoms with van der Waals surface area (Å²) in [6.45, 7) is 2.42. The minimum Gasteiger partial charge on any atom is -0.481 e. The molecule has 1 amide bonds. The summed E-state index contributed by atoms with van der Waals surface area (Å²) < 4.78 is 5.41. The number of methoxy groups -OCH3 is 1. The number of nitrogens with one attached hydrogen (secondary N) is 2. The molecule has 0 atom stereocenters. The van der Waals surface area contributed by atoms with Crippen molar-refractivity contribution in [3.63, 3.8) is 0 Å². The molecule has 1 heterocycles. The van der Waals surface area contributed by atoms with E-state index in [0.717, 1.165) is 29.8 Å². The van der Waals surface area contributed by atoms with Crippen LogP contribution in [0.15, 0.2) is 60.7 Å². The van der Waals surface area contributed by atoms with Crippen molar-refractivity contribution >= 4 is 23.3 Å². The number of rotatable bonds is 9. The maximum atomic E-state index is 12.9. The molecule has 0 bridgehead atoms. The number of ether oxygens (including phenoxy) is 1. The molecule has 0 saturated carbocycles. The van der Waals surface area contributed by atoms with Crippen LogP contribution in [0, 0.1) is 0 Å². The third-order valence-corrected chi connectivity index (χ3v) is 5.16. The van der Waals surface area contributed by atoms with E-state index < -0.39 is 0 Å². The summed E-state index contributed by atoms with van der Waals surface area (Å²) in [5, 5.41) is 6.58. The van der Waals surface area contributed by atoms with Gasteiger partial charge in [-0.1, -0.05) is 54.1 Å². The monoisotopic (exact) mass is 438 g/mol. The van der Waals surface area contributed by atoms with Crippen molar-refractivity contribution < 1.29 is 9.53 Å². The van der Waals surface area contributed by atoms with Crippen molar-refractivity contribution in [2.24, 2.45) is 0 Å². The smallest absolute Gasteiger partial charge is 0.258 e. The van der Waals surface area contributed by atoms with E-state index in [1.165, 1.54) is 0 Å². The lowest BCUT2D eigenvalue weighted by molar-refractivity contribution is 0.102. The van der Waals surface area contributed by atoms with Crippen LogP contribution in [0.2, 0.25) is 5.02 Å². The molecule has 1 aromatic heterocycles. The summed E-state index contributed by atoms with van der Waals surface area (Å²) in [5.74, 6) is 0.550. The second-order valence-corrected chi connectivity index (χ2v) is 7.71. The highest BCUT2D eigenvalue weighted by molar-refractivity contribution is 6.37. The van der Waals surface area contributed by atoms with Gasteiger partial charge in [0.15, 0.2) is 0 Å². The van der Waals surface area contributed by atoms with Crippen LogP contribution in [0.4, 0.5) is 5.82 Å². The molecular formula is C24H27ClN4O2. The summed E-state index contributed by atoms with van der Waals surface area (Å²) >= 11 is 6.56. The van der Waals surface area contributed by atoms with Crippen LogP contribution in [-0.2, 0) is 6.54 Å². The van der Waals surface area contributed by atoms with Crippen molar-refractivity contribution in [2.75, 3.05) is 39.6 Å². The Bertz CT molecular complexity index is 1030. The zero-order chi connectivity index (χ0) is 22.2. The molecule has 0 spiro atoms. The summed E-state index contributed by atoms with van der Waals surface area (Å²) in [5.41, 5.74) is 3.06. The van der Waals surface area contributed by atoms with Gasteiger partial charge < -0.3 is 20.3 Å². The highest BCUT2D eigenvalue weighted by Crippen LogP contribution is 2.31. The van der Waals surface area contributed by atoms with Crippen molar-refractivity contribution in [3.8, 4) is 17.0 Å². The van der Waals surface area contributed by atoms with Crippen molar-refractivity contribution in [1.29, 1.82) is 0 Å². The standard InChI is InChI=1S/C24H27ClN4O2/c1-29(2)15-14-26-16-18-12-13-21(28-24(18)31-3)27-23(30)20-11-7-10-19(22(20)25)17-8-5-4-6-9-17/h4-13,26H,14-16H2,1-3H3,(H,27,28,30). The first-order chi connectivity index (χ1) is 15.0. The third-order valence-electron chi connectivity index (χ3n) is 4.75. The minimum absolute atomic E-state index is 0.325. The maximum Gasteiger partial charge on any atom is 0.258 e. The molecule has 0 fully saturated rings. The van der Waals surface area contributed by atoms with E-state index in [4.69, 9.17) is 16.3 Å². The minimum atomic E-state index is -0.325. The molecule has 0 aliphatic heterocycles. The van der Waals surface area contributed by atoms with Gasteiger partial charge in [0.2, 0.25) is 5.88 Å². The van der Waals surface area contributed by atoms with Crippen LogP contribution < -0.4 is 15.4 Å². The highest BCUT2D eigenvalue weighted by atomic mass is 35.5. The van der Waals surface area contributed by atoms with Gasteiger partial charge in [-0.25, -0.2) is 0 Å². The predicted octanol–water partition coefficient (Wildman–Crippen LogP) is 4.31. The fraction of sp³-hybridized carbons (Fsp3) is 0.250. The Kier molecular flexibility index (Phi) is 8.00. The zero-order valence-electron chi connectivity index (χ0n) is 18.0. The SMILES string of the molecule is COc1nc(NC(=O)c2cccc(-c3ccccc3)c2Cl)ccc1CNCCN(C)C. The number of anilines is 1. The molecule has 0 saturated heterocycles. The highest BCUT2D eigenvalue weighted by Gasteiger charge is 2.16. The number of nitrogens with zero attached hydrogens (tertiary/aromatic N) is 2. The molecule has 2 aromatic carbocycles. The van der Waals surface area contributed by atoms with Crippen LogP contribution in [-0.4, -0.2) is 50.1 Å². The molecule has 7 heteroatoms. The predicted molar refractivity (Wildman–Crippen MR) is 126 cm³/mol. The molecule has 0 unspecified atom stereocenters. The third kappa shape index (κ3) is 6.04. The van der Waals surface area contributed by atoms with Crippen molar-refractivity contribution in [2.45, 2.75) is 6.54 Å². The lowest BCUT2D eigenvalue weighted by Crippen LogP contribution is -2.26. The molecule has 0 aliphatic rings. The molecular weight excluding hydrogens is 412 g/mol. The van der Waals surface area contributed by atoms with Crippen LogP contribution in [0.1, 0.15) is 15.9 Å². The molecule has 0 radical (unpaired) electrons. The van der Waals surface area contributed by atoms with Gasteiger partial charge in [0, 0.05) is 30.8 Å². The van der Waals surface area contributed by atoms with E-state index in [-0.39, 0.29) is 5.91 Å². The van der Waals surface area contributed by atoms with Gasteiger partial charge in [0.1, 0.15) is 5.82 Å². The Hall–Kier alpha value is -2.93. The maximum absolute atomic E-state index is 12.9. The fourth-order valence-electron chi connectivity index (χ4n) is 3.11. The molecule has 3 aromatic rings. The number of benzene rings is 2. The Balaban J connectivity index is 1.73. The Labute approximate surface area is 188 Å². The van der Waals surface area contributed by atoms with Gasteiger partial charge in [-0.05, 0) is 37.9 Å². The van der Waals surface area contributed by atoms with E-state index in [1.807, 2.05) is 62.6 Å². The Morgan fingerprint density at radius 1 is 1.06 bits per heavy atom. The van der Waals surface area contributed by atoms with Crippen LogP contribution in [0.25, 0.3) is 11.1 Å². The van der Waals surface area contributed by atoms with Gasteiger partial charge in [0.05, 0.1) is 17.7 Å². The van der Waals surface area contributed by atoms with E-state index >= 15 is 0 Å². The normalized spacial score (nSPS) is 10.9. The van der Waals surface area contributed by atoms with E-state index in [9.17, 15) is 4.79 Å². The van der Waals surface area contributed by atoms with E-state index in [1.54, 1.807) is 19.2 Å². The summed E-state index contributed by atoms with van der Waals surface area (Å²) in [6.07, 6.45) is 0. The topological polar surface area (TPSA) is 66.5 Å². The number of amides is 1. The molecule has 2 N–H and O–H groups in total. The lowest BCUT2D eigenvalue weighted by Gasteiger charge is -2.13. The summed E-state index contributed by atoms with van der Waals surface area (Å²) in [4.78, 5) is 19.4. The van der Waals surface area contributed by atoms with Crippen LogP contribution in [0.3, 0.4) is 0 Å². The molecule has 31 heavy (non-hydrogen) atoms. The zero-order valence-corrected chi connectivity index (χ0v) is 18.7. The number of carbonyl (C=O) groups excluding carboxylic acids is 1. The van der Waals surface area contributed by atoms with Gasteiger partial charge in [0.25, 0.3) is 5.91 Å². The average Bonchev–Trinajstić information content (AvgIpc) is 2.77. The number of pyridine rings is 1. The van der Waals surface area contributed by atoms with Crippen LogP contribution in [0.5, 0.6) is 5.88 Å². The molecule has 3 rings (SSSR count). The number of likely N-dealkylation sites (N-methyl/N-ethyl adjacent to an activating group) is 1. The van der Waals surface area contributed by atoms with E-state index in [0.29, 0.717) is 28.8 Å². The number of halogens is 1. The van der Waals surface area contributed by atoms with E-state index in [2.05, 4.69) is 20.5 Å². The fourth-order valence-corrected chi connectivity index (χ4v) is 3.43. The Morgan fingerprint density at radius 2 is 1.84 bits per heavy atom. The summed E-state index contributed by atoms with van der Waals surface area (Å²) in [7, 11) is 5.63. The molecule has 162 valence electrons. The second kappa shape index (κ2) is 10.9. The van der Waals surface area contributed by atoms with Gasteiger partial charge in [-0.2, -0.15) is 4.98 Å². The van der Waals surface area contributed by atoms with Crippen molar-refractivity contribution in [3.05, 3.63) is 76.8 Å². The first-order valence-corrected chi connectivity index (χ1v) is 10.4. The van der Waals surface area contributed by atoms with Crippen molar-refractivity contribution in [1.82, 2.24) is 15.2 Å². The Morgan fingerprint density at radius 3 is 2.55 bits per heavy atom. The first kappa shape index (κ1) is 22.7. The van der Waals surface area contributed by atoms with Gasteiger partial charge >= 0.3 is 0 Å². The second-order valence-electron chi connectivity index (χ2n) is 7.33. The van der Waals surface area contributed by atoms with Gasteiger partial charge in [-0.3, -0.25) is 4.79 Å². The number of aromatic nitrogens is 1. The first-order valence-electron chi connectivity index (χ1n) is 10.0. The van der Waals surface area contributed by atoms with Crippen LogP contribution >= 0.6 is 11.6 Å². The molecule has 0 aliphatic carbocycles. The number of hydrogen-bond acceptors (Lipinski definition) is 5.